The van der Waals surface area contributed by atoms with Gasteiger partial charge in [-0.1, -0.05) is 6.07 Å². The van der Waals surface area contributed by atoms with Crippen molar-refractivity contribution >= 4 is 11.8 Å². The van der Waals surface area contributed by atoms with Crippen LogP contribution in [0.1, 0.15) is 28.8 Å². The largest absolute Gasteiger partial charge is 0.497 e. The first kappa shape index (κ1) is 11.6. The Bertz CT molecular complexity index is 464. The fourth-order valence-electron chi connectivity index (χ4n) is 2.14. The molecular formula is C13H14O4. The van der Waals surface area contributed by atoms with Crippen LogP contribution in [0, 0.1) is 5.92 Å². The van der Waals surface area contributed by atoms with E-state index < -0.39 is 11.9 Å². The molecule has 0 amide bonds. The van der Waals surface area contributed by atoms with E-state index >= 15 is 0 Å². The average molecular weight is 234 g/mol. The van der Waals surface area contributed by atoms with E-state index in [0.29, 0.717) is 24.2 Å². The molecule has 4 nitrogen and oxygen atoms in total. The molecule has 0 heterocycles. The number of Topliss-reactive ketones (excluding diaryl/α,β-unsaturated/α-hetero) is 1. The second-order valence-corrected chi connectivity index (χ2v) is 4.22. The van der Waals surface area contributed by atoms with Crippen LogP contribution in [0.15, 0.2) is 18.2 Å². The first-order chi connectivity index (χ1) is 8.11. The highest BCUT2D eigenvalue weighted by Gasteiger charge is 2.26. The SMILES string of the molecule is COc1ccc2c(c1)C(=O)CC[C@H](C(=O)O)C2. The molecular weight excluding hydrogens is 220 g/mol. The summed E-state index contributed by atoms with van der Waals surface area (Å²) in [6.45, 7) is 0. The van der Waals surface area contributed by atoms with E-state index in [9.17, 15) is 9.59 Å². The topological polar surface area (TPSA) is 63.6 Å². The highest BCUT2D eigenvalue weighted by atomic mass is 16.5. The highest BCUT2D eigenvalue weighted by molar-refractivity contribution is 5.98. The smallest absolute Gasteiger partial charge is 0.306 e. The number of carbonyl (C=O) groups excluding carboxylic acids is 1. The zero-order valence-electron chi connectivity index (χ0n) is 9.60. The van der Waals surface area contributed by atoms with Gasteiger partial charge in [0.05, 0.1) is 13.0 Å². The summed E-state index contributed by atoms with van der Waals surface area (Å²) in [6, 6.07) is 5.24. The zero-order valence-corrected chi connectivity index (χ0v) is 9.60. The third kappa shape index (κ3) is 2.30. The van der Waals surface area contributed by atoms with Gasteiger partial charge in [0.1, 0.15) is 5.75 Å². The summed E-state index contributed by atoms with van der Waals surface area (Å²) in [7, 11) is 1.54. The number of benzene rings is 1. The first-order valence-electron chi connectivity index (χ1n) is 5.54. The van der Waals surface area contributed by atoms with Gasteiger partial charge in [-0.2, -0.15) is 0 Å². The Hall–Kier alpha value is -1.84. The Morgan fingerprint density at radius 1 is 1.47 bits per heavy atom. The molecule has 1 atom stereocenters. The van der Waals surface area contributed by atoms with Crippen LogP contribution in [0.5, 0.6) is 5.75 Å². The van der Waals surface area contributed by atoms with Crippen molar-refractivity contribution in [1.29, 1.82) is 0 Å². The van der Waals surface area contributed by atoms with Crippen LogP contribution in [0.4, 0.5) is 0 Å². The minimum atomic E-state index is -0.832. The molecule has 0 saturated heterocycles. The monoisotopic (exact) mass is 234 g/mol. The maximum atomic E-state index is 11.9. The van der Waals surface area contributed by atoms with Crippen molar-refractivity contribution in [1.82, 2.24) is 0 Å². The molecule has 1 aromatic rings. The van der Waals surface area contributed by atoms with Gasteiger partial charge in [-0.25, -0.2) is 0 Å². The lowest BCUT2D eigenvalue weighted by Crippen LogP contribution is -2.15. The molecule has 0 spiro atoms. The molecule has 0 unspecified atom stereocenters. The lowest BCUT2D eigenvalue weighted by Gasteiger charge is -2.09. The second-order valence-electron chi connectivity index (χ2n) is 4.22. The van der Waals surface area contributed by atoms with Crippen molar-refractivity contribution in [2.45, 2.75) is 19.3 Å². The molecule has 1 N–H and O–H groups in total. The van der Waals surface area contributed by atoms with Gasteiger partial charge in [0, 0.05) is 12.0 Å². The molecule has 2 rings (SSSR count). The fraction of sp³-hybridized carbons (Fsp3) is 0.385. The Morgan fingerprint density at radius 2 is 2.24 bits per heavy atom. The molecule has 90 valence electrons. The first-order valence-corrected chi connectivity index (χ1v) is 5.54. The normalized spacial score (nSPS) is 19.4. The van der Waals surface area contributed by atoms with E-state index in [1.165, 1.54) is 0 Å². The molecule has 0 bridgehead atoms. The molecule has 1 aliphatic rings. The minimum absolute atomic E-state index is 0.00245. The summed E-state index contributed by atoms with van der Waals surface area (Å²) < 4.78 is 5.08. The number of hydrogen-bond donors (Lipinski definition) is 1. The maximum Gasteiger partial charge on any atom is 0.306 e. The summed E-state index contributed by atoms with van der Waals surface area (Å²) in [5, 5.41) is 9.04. The number of hydrogen-bond acceptors (Lipinski definition) is 3. The second kappa shape index (κ2) is 4.57. The number of ether oxygens (including phenoxy) is 1. The summed E-state index contributed by atoms with van der Waals surface area (Å²) in [5.41, 5.74) is 1.41. The summed E-state index contributed by atoms with van der Waals surface area (Å²) in [4.78, 5) is 22.9. The van der Waals surface area contributed by atoms with Crippen LogP contribution in [0.3, 0.4) is 0 Å². The van der Waals surface area contributed by atoms with Crippen LogP contribution in [0.2, 0.25) is 0 Å². The molecule has 0 radical (unpaired) electrons. The van der Waals surface area contributed by atoms with Crippen LogP contribution in [0.25, 0.3) is 0 Å². The molecule has 1 aromatic carbocycles. The Labute approximate surface area is 99.2 Å². The van der Waals surface area contributed by atoms with Crippen molar-refractivity contribution in [3.63, 3.8) is 0 Å². The summed E-state index contributed by atoms with van der Waals surface area (Å²) >= 11 is 0. The molecule has 0 aromatic heterocycles. The zero-order chi connectivity index (χ0) is 12.4. The Balaban J connectivity index is 2.39. The standard InChI is InChI=1S/C13H14O4/c1-17-10-4-2-8-6-9(13(15)16)3-5-12(14)11(8)7-10/h2,4,7,9H,3,5-6H2,1H3,(H,15,16)/t9-/m0/s1. The Kier molecular flexibility index (Phi) is 3.13. The van der Waals surface area contributed by atoms with Gasteiger partial charge in [0.15, 0.2) is 5.78 Å². The predicted molar refractivity (Wildman–Crippen MR) is 61.4 cm³/mol. The van der Waals surface area contributed by atoms with E-state index in [4.69, 9.17) is 9.84 Å². The quantitative estimate of drug-likeness (QED) is 0.794. The van der Waals surface area contributed by atoms with Crippen LogP contribution in [-0.4, -0.2) is 24.0 Å². The highest BCUT2D eigenvalue weighted by Crippen LogP contribution is 2.27. The third-order valence-corrected chi connectivity index (χ3v) is 3.15. The lowest BCUT2D eigenvalue weighted by atomic mass is 9.97. The van der Waals surface area contributed by atoms with Gasteiger partial charge in [-0.15, -0.1) is 0 Å². The Morgan fingerprint density at radius 3 is 2.88 bits per heavy atom. The lowest BCUT2D eigenvalue weighted by molar-refractivity contribution is -0.141. The van der Waals surface area contributed by atoms with Gasteiger partial charge >= 0.3 is 5.97 Å². The molecule has 0 fully saturated rings. The van der Waals surface area contributed by atoms with E-state index in [-0.39, 0.29) is 12.2 Å². The number of carbonyl (C=O) groups is 2. The van der Waals surface area contributed by atoms with Crippen LogP contribution >= 0.6 is 0 Å². The van der Waals surface area contributed by atoms with Gasteiger partial charge in [0.25, 0.3) is 0 Å². The van der Waals surface area contributed by atoms with Crippen molar-refractivity contribution in [2.24, 2.45) is 5.92 Å². The van der Waals surface area contributed by atoms with Gasteiger partial charge in [-0.3, -0.25) is 9.59 Å². The van der Waals surface area contributed by atoms with Crippen molar-refractivity contribution in [3.05, 3.63) is 29.3 Å². The van der Waals surface area contributed by atoms with Crippen molar-refractivity contribution in [3.8, 4) is 5.75 Å². The van der Waals surface area contributed by atoms with Crippen LogP contribution in [-0.2, 0) is 11.2 Å². The van der Waals surface area contributed by atoms with E-state index in [2.05, 4.69) is 0 Å². The van der Waals surface area contributed by atoms with E-state index in [0.717, 1.165) is 5.56 Å². The number of aliphatic carboxylic acids is 1. The molecule has 0 saturated carbocycles. The molecule has 17 heavy (non-hydrogen) atoms. The number of carboxylic acids is 1. The maximum absolute atomic E-state index is 11.9. The third-order valence-electron chi connectivity index (χ3n) is 3.15. The minimum Gasteiger partial charge on any atom is -0.497 e. The van der Waals surface area contributed by atoms with E-state index in [1.807, 2.05) is 0 Å². The van der Waals surface area contributed by atoms with Crippen molar-refractivity contribution in [2.75, 3.05) is 7.11 Å². The molecule has 0 aliphatic heterocycles. The molecule has 4 heteroatoms. The average Bonchev–Trinajstić information content (AvgIpc) is 2.49. The summed E-state index contributed by atoms with van der Waals surface area (Å²) in [5.74, 6) is -0.663. The number of methoxy groups -OCH3 is 1. The number of ketones is 1. The van der Waals surface area contributed by atoms with Crippen molar-refractivity contribution < 1.29 is 19.4 Å². The summed E-state index contributed by atoms with van der Waals surface area (Å²) in [6.07, 6.45) is 1.11. The predicted octanol–water partition coefficient (Wildman–Crippen LogP) is 1.91. The van der Waals surface area contributed by atoms with Gasteiger partial charge in [0.2, 0.25) is 0 Å². The number of rotatable bonds is 2. The number of carboxylic acid groups (broad SMARTS) is 1. The number of fused-ring (bicyclic) bond motifs is 1. The molecule has 1 aliphatic carbocycles. The van der Waals surface area contributed by atoms with E-state index in [1.54, 1.807) is 25.3 Å². The van der Waals surface area contributed by atoms with Gasteiger partial charge in [-0.05, 0) is 30.5 Å². The van der Waals surface area contributed by atoms with Gasteiger partial charge < -0.3 is 9.84 Å². The fourth-order valence-corrected chi connectivity index (χ4v) is 2.14. The van der Waals surface area contributed by atoms with Crippen LogP contribution < -0.4 is 4.74 Å².